The molecule has 2 unspecified atom stereocenters. The summed E-state index contributed by atoms with van der Waals surface area (Å²) >= 11 is 0. The van der Waals surface area contributed by atoms with Crippen molar-refractivity contribution in [2.75, 3.05) is 6.54 Å². The first-order valence-electron chi connectivity index (χ1n) is 7.70. The second-order valence-electron chi connectivity index (χ2n) is 6.14. The molecule has 3 nitrogen and oxygen atoms in total. The van der Waals surface area contributed by atoms with Crippen molar-refractivity contribution < 1.29 is 23.1 Å². The molecule has 1 heterocycles. The number of rotatable bonds is 2. The number of hydrogen-bond donors (Lipinski definition) is 1. The summed E-state index contributed by atoms with van der Waals surface area (Å²) in [4.78, 5) is 13.8. The Hall–Kier alpha value is -1.82. The number of likely N-dealkylation sites (tertiary alicyclic amines) is 1. The van der Waals surface area contributed by atoms with E-state index in [1.54, 1.807) is 0 Å². The maximum Gasteiger partial charge on any atom is 0.416 e. The van der Waals surface area contributed by atoms with Crippen LogP contribution in [0.4, 0.5) is 13.2 Å². The van der Waals surface area contributed by atoms with Crippen molar-refractivity contribution in [2.45, 2.75) is 44.0 Å². The van der Waals surface area contributed by atoms with Crippen molar-refractivity contribution in [3.05, 3.63) is 47.0 Å². The highest BCUT2D eigenvalue weighted by Crippen LogP contribution is 2.40. The van der Waals surface area contributed by atoms with Gasteiger partial charge in [0.25, 0.3) is 0 Å². The van der Waals surface area contributed by atoms with E-state index < -0.39 is 23.9 Å². The zero-order valence-electron chi connectivity index (χ0n) is 12.5. The van der Waals surface area contributed by atoms with Crippen LogP contribution in [0.25, 0.3) is 0 Å². The number of aliphatic hydroxyl groups excluding tert-OH is 1. The lowest BCUT2D eigenvalue weighted by molar-refractivity contribution is -0.139. The summed E-state index contributed by atoms with van der Waals surface area (Å²) in [6, 6.07) is 4.53. The normalized spacial score (nSPS) is 24.5. The van der Waals surface area contributed by atoms with Gasteiger partial charge in [0.1, 0.15) is 0 Å². The molecule has 124 valence electrons. The van der Waals surface area contributed by atoms with Crippen LogP contribution in [0.3, 0.4) is 0 Å². The largest absolute Gasteiger partial charge is 0.416 e. The minimum atomic E-state index is -4.48. The number of β-amino-alcohol motifs (C(OH)–C–C–N with tert-alkyl or cyclic N) is 1. The molecule has 1 aromatic carbocycles. The van der Waals surface area contributed by atoms with Crippen LogP contribution < -0.4 is 0 Å². The molecule has 1 aromatic rings. The predicted molar refractivity (Wildman–Crippen MR) is 78.5 cm³/mol. The highest BCUT2D eigenvalue weighted by atomic mass is 19.4. The minimum Gasteiger partial charge on any atom is -0.391 e. The van der Waals surface area contributed by atoms with Gasteiger partial charge in [-0.05, 0) is 37.3 Å². The Bertz CT molecular complexity index is 633. The molecule has 0 spiro atoms. The summed E-state index contributed by atoms with van der Waals surface area (Å²) in [6.07, 6.45) is -0.858. The monoisotopic (exact) mass is 325 g/mol. The second-order valence-corrected chi connectivity index (χ2v) is 6.14. The van der Waals surface area contributed by atoms with Gasteiger partial charge in [-0.1, -0.05) is 23.8 Å². The van der Waals surface area contributed by atoms with E-state index in [2.05, 4.69) is 0 Å². The molecule has 2 aliphatic rings. The first-order chi connectivity index (χ1) is 10.9. The van der Waals surface area contributed by atoms with Gasteiger partial charge < -0.3 is 10.0 Å². The Balaban J connectivity index is 1.92. The fourth-order valence-corrected chi connectivity index (χ4v) is 3.18. The van der Waals surface area contributed by atoms with Gasteiger partial charge >= 0.3 is 6.18 Å². The topological polar surface area (TPSA) is 40.5 Å². The van der Waals surface area contributed by atoms with Crippen LogP contribution in [0, 0.1) is 0 Å². The summed E-state index contributed by atoms with van der Waals surface area (Å²) in [7, 11) is 0. The fourth-order valence-electron chi connectivity index (χ4n) is 3.18. The minimum absolute atomic E-state index is 0.0527. The summed E-state index contributed by atoms with van der Waals surface area (Å²) in [5.41, 5.74) is 0.337. The average molecular weight is 325 g/mol. The fraction of sp³-hybridized carbons (Fsp3) is 0.471. The lowest BCUT2D eigenvalue weighted by Gasteiger charge is -2.27. The zero-order chi connectivity index (χ0) is 16.6. The summed E-state index contributed by atoms with van der Waals surface area (Å²) < 4.78 is 39.7. The third-order valence-electron chi connectivity index (χ3n) is 4.51. The maximum absolute atomic E-state index is 13.2. The number of alkyl halides is 3. The Labute approximate surface area is 132 Å². The van der Waals surface area contributed by atoms with E-state index in [4.69, 9.17) is 0 Å². The van der Waals surface area contributed by atoms with Gasteiger partial charge in [0.15, 0.2) is 0 Å². The first kappa shape index (κ1) is 16.1. The Morgan fingerprint density at radius 3 is 2.57 bits per heavy atom. The van der Waals surface area contributed by atoms with Crippen molar-refractivity contribution in [3.63, 3.8) is 0 Å². The number of carbonyl (C=O) groups is 1. The zero-order valence-corrected chi connectivity index (χ0v) is 12.5. The molecule has 3 rings (SSSR count). The lowest BCUT2D eigenvalue weighted by Crippen LogP contribution is -2.31. The summed E-state index contributed by atoms with van der Waals surface area (Å²) in [5, 5.41) is 9.88. The van der Waals surface area contributed by atoms with Gasteiger partial charge in [0.05, 0.1) is 17.7 Å². The molecule has 1 amide bonds. The highest BCUT2D eigenvalue weighted by molar-refractivity contribution is 5.89. The highest BCUT2D eigenvalue weighted by Gasteiger charge is 2.41. The molecule has 1 saturated heterocycles. The van der Waals surface area contributed by atoms with Crippen LogP contribution in [0.5, 0.6) is 0 Å². The van der Waals surface area contributed by atoms with E-state index in [9.17, 15) is 23.1 Å². The number of amides is 1. The third kappa shape index (κ3) is 3.27. The van der Waals surface area contributed by atoms with E-state index in [0.717, 1.165) is 30.9 Å². The van der Waals surface area contributed by atoms with E-state index in [0.29, 0.717) is 0 Å². The average Bonchev–Trinajstić information content (AvgIpc) is 2.84. The molecule has 23 heavy (non-hydrogen) atoms. The van der Waals surface area contributed by atoms with Gasteiger partial charge in [-0.2, -0.15) is 13.2 Å². The number of aliphatic hydroxyl groups is 1. The number of carbonyl (C=O) groups excluding carboxylic acids is 1. The van der Waals surface area contributed by atoms with Crippen molar-refractivity contribution in [2.24, 2.45) is 0 Å². The standard InChI is InChI=1S/C17H18F3NO2/c18-17(19,20)14-7-2-1-6-13(14)15-9-12(22)10-21(15)16(23)8-11-4-3-5-11/h1-2,6-8,12,15,22H,3-5,9-10H2. The molecule has 0 radical (unpaired) electrons. The quantitative estimate of drug-likeness (QED) is 0.846. The molecule has 1 aliphatic heterocycles. The van der Waals surface area contributed by atoms with Crippen molar-refractivity contribution >= 4 is 5.91 Å². The molecule has 1 N–H and O–H groups in total. The van der Waals surface area contributed by atoms with Crippen LogP contribution in [-0.4, -0.2) is 28.6 Å². The third-order valence-corrected chi connectivity index (χ3v) is 4.51. The molecule has 0 aromatic heterocycles. The van der Waals surface area contributed by atoms with E-state index >= 15 is 0 Å². The molecule has 0 bridgehead atoms. The van der Waals surface area contributed by atoms with E-state index in [-0.39, 0.29) is 24.4 Å². The molecule has 2 fully saturated rings. The molecule has 1 saturated carbocycles. The molecule has 1 aliphatic carbocycles. The van der Waals surface area contributed by atoms with Crippen LogP contribution in [0.15, 0.2) is 35.9 Å². The maximum atomic E-state index is 13.2. The lowest BCUT2D eigenvalue weighted by atomic mass is 9.92. The molecular weight excluding hydrogens is 307 g/mol. The van der Waals surface area contributed by atoms with Gasteiger partial charge in [-0.15, -0.1) is 0 Å². The smallest absolute Gasteiger partial charge is 0.391 e. The molecule has 6 heteroatoms. The van der Waals surface area contributed by atoms with Crippen LogP contribution in [-0.2, 0) is 11.0 Å². The van der Waals surface area contributed by atoms with Crippen molar-refractivity contribution in [1.82, 2.24) is 4.90 Å². The van der Waals surface area contributed by atoms with Crippen LogP contribution in [0.2, 0.25) is 0 Å². The number of benzene rings is 1. The number of halogens is 3. The Kier molecular flexibility index (Phi) is 4.19. The second kappa shape index (κ2) is 6.00. The predicted octanol–water partition coefficient (Wildman–Crippen LogP) is 3.45. The summed E-state index contributed by atoms with van der Waals surface area (Å²) in [5.74, 6) is -0.307. The van der Waals surface area contributed by atoms with Gasteiger partial charge in [-0.3, -0.25) is 4.79 Å². The molecular formula is C17H18F3NO2. The van der Waals surface area contributed by atoms with E-state index in [1.165, 1.54) is 29.2 Å². The van der Waals surface area contributed by atoms with Crippen LogP contribution in [0.1, 0.15) is 42.9 Å². The number of allylic oxidation sites excluding steroid dienone is 1. The van der Waals surface area contributed by atoms with Crippen molar-refractivity contribution in [1.29, 1.82) is 0 Å². The number of nitrogens with zero attached hydrogens (tertiary/aromatic N) is 1. The first-order valence-corrected chi connectivity index (χ1v) is 7.70. The number of hydrogen-bond acceptors (Lipinski definition) is 2. The van der Waals surface area contributed by atoms with Gasteiger partial charge in [0, 0.05) is 12.6 Å². The van der Waals surface area contributed by atoms with Gasteiger partial charge in [0.2, 0.25) is 5.91 Å². The Morgan fingerprint density at radius 1 is 1.26 bits per heavy atom. The van der Waals surface area contributed by atoms with E-state index in [1.807, 2.05) is 0 Å². The summed E-state index contributed by atoms with van der Waals surface area (Å²) in [6.45, 7) is 0.0689. The van der Waals surface area contributed by atoms with Crippen LogP contribution >= 0.6 is 0 Å². The van der Waals surface area contributed by atoms with Gasteiger partial charge in [-0.25, -0.2) is 0 Å². The van der Waals surface area contributed by atoms with Crippen molar-refractivity contribution in [3.8, 4) is 0 Å². The SMILES string of the molecule is O=C(C=C1CCC1)N1CC(O)CC1c1ccccc1C(F)(F)F. The Morgan fingerprint density at radius 2 is 1.96 bits per heavy atom. The molecule has 2 atom stereocenters.